The zero-order valence-electron chi connectivity index (χ0n) is 11.4. The van der Waals surface area contributed by atoms with Crippen LogP contribution in [0.3, 0.4) is 0 Å². The molecule has 3 heteroatoms. The number of rotatable bonds is 4. The molecule has 0 unspecified atom stereocenters. The zero-order valence-corrected chi connectivity index (χ0v) is 11.4. The molecule has 0 N–H and O–H groups in total. The van der Waals surface area contributed by atoms with Crippen LogP contribution in [0.25, 0.3) is 11.3 Å². The third kappa shape index (κ3) is 3.19. The van der Waals surface area contributed by atoms with Crippen molar-refractivity contribution in [2.45, 2.75) is 26.9 Å². The summed E-state index contributed by atoms with van der Waals surface area (Å²) in [7, 11) is 0. The Morgan fingerprint density at radius 2 is 1.79 bits per heavy atom. The lowest BCUT2D eigenvalue weighted by Crippen LogP contribution is -2.05. The quantitative estimate of drug-likeness (QED) is 0.783. The number of aromatic nitrogens is 1. The molecule has 2 rings (SSSR count). The van der Waals surface area contributed by atoms with Gasteiger partial charge in [-0.15, -0.1) is 0 Å². The Bertz CT molecular complexity index is 574. The summed E-state index contributed by atoms with van der Waals surface area (Å²) in [5, 5.41) is 0. The van der Waals surface area contributed by atoms with Crippen molar-refractivity contribution in [2.24, 2.45) is 0 Å². The minimum Gasteiger partial charge on any atom is -0.491 e. The maximum atomic E-state index is 10.8. The highest BCUT2D eigenvalue weighted by Crippen LogP contribution is 2.22. The highest BCUT2D eigenvalue weighted by atomic mass is 16.5. The highest BCUT2D eigenvalue weighted by molar-refractivity contribution is 5.77. The molecule has 0 fully saturated rings. The Morgan fingerprint density at radius 1 is 1.11 bits per heavy atom. The summed E-state index contributed by atoms with van der Waals surface area (Å²) < 4.78 is 5.60. The molecule has 2 aromatic rings. The van der Waals surface area contributed by atoms with Gasteiger partial charge in [0, 0.05) is 16.8 Å². The predicted octanol–water partition coefficient (Wildman–Crippen LogP) is 3.66. The number of carbonyl (C=O) groups is 1. The second kappa shape index (κ2) is 5.65. The Labute approximate surface area is 113 Å². The number of hydrogen-bond acceptors (Lipinski definition) is 3. The predicted molar refractivity (Wildman–Crippen MR) is 75.6 cm³/mol. The molecule has 19 heavy (non-hydrogen) atoms. The van der Waals surface area contributed by atoms with Crippen molar-refractivity contribution in [3.05, 3.63) is 47.7 Å². The van der Waals surface area contributed by atoms with Crippen LogP contribution in [0.5, 0.6) is 5.75 Å². The van der Waals surface area contributed by atoms with Crippen molar-refractivity contribution in [3.63, 3.8) is 0 Å². The van der Waals surface area contributed by atoms with Gasteiger partial charge in [-0.25, -0.2) is 0 Å². The van der Waals surface area contributed by atoms with Crippen LogP contribution >= 0.6 is 0 Å². The largest absolute Gasteiger partial charge is 0.491 e. The van der Waals surface area contributed by atoms with E-state index < -0.39 is 0 Å². The second-order valence-corrected chi connectivity index (χ2v) is 4.68. The third-order valence-electron chi connectivity index (χ3n) is 2.78. The molecule has 0 aliphatic carbocycles. The molecule has 1 aromatic carbocycles. The second-order valence-electron chi connectivity index (χ2n) is 4.68. The molecule has 0 bridgehead atoms. The normalized spacial score (nSPS) is 10.5. The van der Waals surface area contributed by atoms with E-state index in [9.17, 15) is 4.79 Å². The molecule has 0 radical (unpaired) electrons. The molecule has 0 spiro atoms. The van der Waals surface area contributed by atoms with Crippen molar-refractivity contribution >= 4 is 6.29 Å². The third-order valence-corrected chi connectivity index (χ3v) is 2.78. The van der Waals surface area contributed by atoms with Gasteiger partial charge >= 0.3 is 0 Å². The maximum Gasteiger partial charge on any atom is 0.151 e. The monoisotopic (exact) mass is 255 g/mol. The van der Waals surface area contributed by atoms with Gasteiger partial charge in [-0.3, -0.25) is 9.78 Å². The van der Waals surface area contributed by atoms with Crippen LogP contribution in [0.4, 0.5) is 0 Å². The number of ether oxygens (including phenoxy) is 1. The lowest BCUT2D eigenvalue weighted by molar-refractivity contribution is 0.112. The van der Waals surface area contributed by atoms with E-state index in [0.29, 0.717) is 5.56 Å². The van der Waals surface area contributed by atoms with Crippen molar-refractivity contribution < 1.29 is 9.53 Å². The van der Waals surface area contributed by atoms with Crippen LogP contribution < -0.4 is 4.74 Å². The van der Waals surface area contributed by atoms with Crippen molar-refractivity contribution in [1.29, 1.82) is 0 Å². The lowest BCUT2D eigenvalue weighted by atomic mass is 10.1. The summed E-state index contributed by atoms with van der Waals surface area (Å²) in [6.45, 7) is 5.83. The first-order chi connectivity index (χ1) is 9.10. The van der Waals surface area contributed by atoms with Crippen molar-refractivity contribution in [3.8, 4) is 17.0 Å². The molecule has 3 nitrogen and oxygen atoms in total. The van der Waals surface area contributed by atoms with Crippen LogP contribution in [-0.4, -0.2) is 17.4 Å². The molecule has 0 amide bonds. The van der Waals surface area contributed by atoms with E-state index in [1.54, 1.807) is 6.07 Å². The maximum absolute atomic E-state index is 10.8. The van der Waals surface area contributed by atoms with Crippen LogP contribution in [0, 0.1) is 6.92 Å². The SMILES string of the molecule is Cc1nc(-c2ccc(OC(C)C)cc2)ccc1C=O. The van der Waals surface area contributed by atoms with E-state index in [0.717, 1.165) is 29.0 Å². The van der Waals surface area contributed by atoms with E-state index in [-0.39, 0.29) is 6.10 Å². The Hall–Kier alpha value is -2.16. The summed E-state index contributed by atoms with van der Waals surface area (Å²) in [5.74, 6) is 0.847. The van der Waals surface area contributed by atoms with Gasteiger partial charge < -0.3 is 4.74 Å². The van der Waals surface area contributed by atoms with Gasteiger partial charge in [-0.1, -0.05) is 0 Å². The molecule has 98 valence electrons. The summed E-state index contributed by atoms with van der Waals surface area (Å²) in [6, 6.07) is 11.5. The van der Waals surface area contributed by atoms with Crippen LogP contribution in [0.1, 0.15) is 29.9 Å². The number of aldehydes is 1. The highest BCUT2D eigenvalue weighted by Gasteiger charge is 2.04. The minimum atomic E-state index is 0.165. The first-order valence-corrected chi connectivity index (χ1v) is 6.30. The van der Waals surface area contributed by atoms with Gasteiger partial charge in [0.1, 0.15) is 5.75 Å². The van der Waals surface area contributed by atoms with Gasteiger partial charge in [0.05, 0.1) is 11.8 Å². The molecule has 0 saturated heterocycles. The van der Waals surface area contributed by atoms with Crippen LogP contribution in [0.2, 0.25) is 0 Å². The summed E-state index contributed by atoms with van der Waals surface area (Å²) in [4.78, 5) is 15.2. The average molecular weight is 255 g/mol. The van der Waals surface area contributed by atoms with E-state index in [2.05, 4.69) is 4.98 Å². The van der Waals surface area contributed by atoms with Gasteiger partial charge in [0.15, 0.2) is 6.29 Å². The molecular formula is C16H17NO2. The minimum absolute atomic E-state index is 0.165. The van der Waals surface area contributed by atoms with E-state index in [1.165, 1.54) is 0 Å². The van der Waals surface area contributed by atoms with Gasteiger partial charge in [-0.2, -0.15) is 0 Å². The average Bonchev–Trinajstić information content (AvgIpc) is 2.39. The van der Waals surface area contributed by atoms with Crippen LogP contribution in [-0.2, 0) is 0 Å². The summed E-state index contributed by atoms with van der Waals surface area (Å²) >= 11 is 0. The van der Waals surface area contributed by atoms with Crippen molar-refractivity contribution in [1.82, 2.24) is 4.98 Å². The van der Waals surface area contributed by atoms with Crippen molar-refractivity contribution in [2.75, 3.05) is 0 Å². The standard InChI is InChI=1S/C16H17NO2/c1-11(2)19-15-7-4-13(5-8-15)16-9-6-14(10-18)12(3)17-16/h4-11H,1-3H3. The molecule has 1 heterocycles. The molecule has 1 aromatic heterocycles. The Kier molecular flexibility index (Phi) is 3.95. The van der Waals surface area contributed by atoms with E-state index >= 15 is 0 Å². The summed E-state index contributed by atoms with van der Waals surface area (Å²) in [5.41, 5.74) is 3.24. The fraction of sp³-hybridized carbons (Fsp3) is 0.250. The zero-order chi connectivity index (χ0) is 13.8. The fourth-order valence-electron chi connectivity index (χ4n) is 1.83. The number of benzene rings is 1. The molecule has 0 aliphatic rings. The number of nitrogens with zero attached hydrogens (tertiary/aromatic N) is 1. The Balaban J connectivity index is 2.27. The first kappa shape index (κ1) is 13.3. The van der Waals surface area contributed by atoms with Gasteiger partial charge in [-0.05, 0) is 57.2 Å². The van der Waals surface area contributed by atoms with E-state index in [1.807, 2.05) is 51.1 Å². The molecule has 0 atom stereocenters. The first-order valence-electron chi connectivity index (χ1n) is 6.30. The summed E-state index contributed by atoms with van der Waals surface area (Å²) in [6.07, 6.45) is 0.990. The van der Waals surface area contributed by atoms with E-state index in [4.69, 9.17) is 4.74 Å². The smallest absolute Gasteiger partial charge is 0.151 e. The molecular weight excluding hydrogens is 238 g/mol. The number of hydrogen-bond donors (Lipinski definition) is 0. The Morgan fingerprint density at radius 3 is 2.32 bits per heavy atom. The molecule has 0 saturated carbocycles. The topological polar surface area (TPSA) is 39.2 Å². The van der Waals surface area contributed by atoms with Gasteiger partial charge in [0.25, 0.3) is 0 Å². The van der Waals surface area contributed by atoms with Crippen LogP contribution in [0.15, 0.2) is 36.4 Å². The fourth-order valence-corrected chi connectivity index (χ4v) is 1.83. The number of pyridine rings is 1. The van der Waals surface area contributed by atoms with Gasteiger partial charge in [0.2, 0.25) is 0 Å². The number of carbonyl (C=O) groups excluding carboxylic acids is 1. The number of aryl methyl sites for hydroxylation is 1. The molecule has 0 aliphatic heterocycles. The lowest BCUT2D eigenvalue weighted by Gasteiger charge is -2.10.